The molecule has 54 valence electrons. The van der Waals surface area contributed by atoms with Gasteiger partial charge in [0, 0.05) is 0 Å². The molecule has 1 atom stereocenters. The van der Waals surface area contributed by atoms with E-state index in [1.807, 2.05) is 0 Å². The van der Waals surface area contributed by atoms with Crippen molar-refractivity contribution in [2.75, 3.05) is 0 Å². The molecule has 1 unspecified atom stereocenters. The molecule has 4 heteroatoms. The second-order valence-corrected chi connectivity index (χ2v) is 3.68. The zero-order valence-corrected chi connectivity index (χ0v) is 6.06. The topological polar surface area (TPSA) is 54.4 Å². The maximum Gasteiger partial charge on any atom is 0.267 e. The van der Waals surface area contributed by atoms with Crippen LogP contribution >= 0.6 is 0 Å². The summed E-state index contributed by atoms with van der Waals surface area (Å²) in [4.78, 5) is 0. The first-order chi connectivity index (χ1) is 3.98. The summed E-state index contributed by atoms with van der Waals surface area (Å²) in [6.07, 6.45) is 1.75. The summed E-state index contributed by atoms with van der Waals surface area (Å²) in [7, 11) is -3.84. The van der Waals surface area contributed by atoms with Crippen molar-refractivity contribution in [3.05, 3.63) is 12.7 Å². The highest BCUT2D eigenvalue weighted by Gasteiger charge is 2.14. The van der Waals surface area contributed by atoms with Crippen molar-refractivity contribution in [1.29, 1.82) is 0 Å². The Morgan fingerprint density at radius 3 is 2.33 bits per heavy atom. The van der Waals surface area contributed by atoms with Gasteiger partial charge < -0.3 is 0 Å². The summed E-state index contributed by atoms with van der Waals surface area (Å²) in [5.74, 6) is 0. The Kier molecular flexibility index (Phi) is 2.87. The van der Waals surface area contributed by atoms with Gasteiger partial charge in [0.2, 0.25) is 0 Å². The van der Waals surface area contributed by atoms with E-state index in [1.54, 1.807) is 0 Å². The summed E-state index contributed by atoms with van der Waals surface area (Å²) >= 11 is 0. The van der Waals surface area contributed by atoms with Crippen LogP contribution in [0.4, 0.5) is 0 Å². The van der Waals surface area contributed by atoms with Crippen molar-refractivity contribution in [3.63, 3.8) is 0 Å². The van der Waals surface area contributed by atoms with Crippen molar-refractivity contribution < 1.29 is 13.0 Å². The number of rotatable bonds is 3. The average Bonchev–Trinajstić information content (AvgIpc) is 1.64. The molecule has 9 heavy (non-hydrogen) atoms. The van der Waals surface area contributed by atoms with E-state index in [0.717, 1.165) is 0 Å². The smallest absolute Gasteiger partial charge is 0.267 e. The summed E-state index contributed by atoms with van der Waals surface area (Å²) in [5, 5.41) is -0.727. The number of allylic oxidation sites excluding steroid dienone is 1. The average molecular weight is 150 g/mol. The maximum atomic E-state index is 10.2. The molecule has 0 radical (unpaired) electrons. The minimum Gasteiger partial charge on any atom is -0.285 e. The molecule has 0 saturated heterocycles. The molecule has 0 bridgehead atoms. The lowest BCUT2D eigenvalue weighted by molar-refractivity contribution is 0.470. The lowest BCUT2D eigenvalue weighted by Crippen LogP contribution is -2.14. The van der Waals surface area contributed by atoms with E-state index in [9.17, 15) is 8.42 Å². The van der Waals surface area contributed by atoms with E-state index in [1.165, 1.54) is 13.0 Å². The van der Waals surface area contributed by atoms with Crippen LogP contribution in [0.3, 0.4) is 0 Å². The minimum atomic E-state index is -3.84. The van der Waals surface area contributed by atoms with Crippen LogP contribution in [0.5, 0.6) is 0 Å². The summed E-state index contributed by atoms with van der Waals surface area (Å²) in [5.41, 5.74) is 0. The van der Waals surface area contributed by atoms with Gasteiger partial charge >= 0.3 is 0 Å². The Morgan fingerprint density at radius 2 is 2.22 bits per heavy atom. The SMILES string of the molecule is C=CCC(C)S(=O)(=O)O. The monoisotopic (exact) mass is 150 g/mol. The van der Waals surface area contributed by atoms with E-state index in [0.29, 0.717) is 6.42 Å². The molecule has 0 aliphatic rings. The van der Waals surface area contributed by atoms with Crippen LogP contribution in [0.25, 0.3) is 0 Å². The van der Waals surface area contributed by atoms with Gasteiger partial charge in [-0.25, -0.2) is 0 Å². The number of hydrogen-bond donors (Lipinski definition) is 1. The minimum absolute atomic E-state index is 0.291. The third-order valence-corrected chi connectivity index (χ3v) is 2.22. The molecule has 0 spiro atoms. The fourth-order valence-electron chi connectivity index (χ4n) is 0.356. The lowest BCUT2D eigenvalue weighted by Gasteiger charge is -2.01. The number of hydrogen-bond acceptors (Lipinski definition) is 2. The van der Waals surface area contributed by atoms with Gasteiger partial charge in [0.05, 0.1) is 5.25 Å². The van der Waals surface area contributed by atoms with Crippen LogP contribution < -0.4 is 0 Å². The van der Waals surface area contributed by atoms with Gasteiger partial charge in [-0.1, -0.05) is 6.08 Å². The summed E-state index contributed by atoms with van der Waals surface area (Å²) < 4.78 is 28.8. The molecule has 0 aliphatic carbocycles. The van der Waals surface area contributed by atoms with Gasteiger partial charge in [-0.3, -0.25) is 4.55 Å². The Balaban J connectivity index is 4.05. The van der Waals surface area contributed by atoms with Crippen LogP contribution in [0.2, 0.25) is 0 Å². The molecular formula is C5H10O3S. The molecule has 0 amide bonds. The van der Waals surface area contributed by atoms with E-state index in [2.05, 4.69) is 6.58 Å². The molecule has 1 N–H and O–H groups in total. The Bertz CT molecular complexity index is 180. The highest BCUT2D eigenvalue weighted by Crippen LogP contribution is 2.01. The Hall–Kier alpha value is -0.350. The van der Waals surface area contributed by atoms with E-state index < -0.39 is 15.4 Å². The van der Waals surface area contributed by atoms with Crippen LogP contribution in [-0.2, 0) is 10.1 Å². The first kappa shape index (κ1) is 8.65. The standard InChI is InChI=1S/C5H10O3S/c1-3-4-5(2)9(6,7)8/h3,5H,1,4H2,2H3,(H,6,7,8). The normalized spacial score (nSPS) is 14.9. The largest absolute Gasteiger partial charge is 0.285 e. The molecule has 0 aromatic carbocycles. The van der Waals surface area contributed by atoms with Crippen molar-refractivity contribution in [3.8, 4) is 0 Å². The van der Waals surface area contributed by atoms with E-state index in [-0.39, 0.29) is 0 Å². The zero-order chi connectivity index (χ0) is 7.49. The van der Waals surface area contributed by atoms with Gasteiger partial charge in [-0.15, -0.1) is 6.58 Å². The van der Waals surface area contributed by atoms with Crippen LogP contribution in [0.15, 0.2) is 12.7 Å². The molecule has 0 rings (SSSR count). The molecule has 0 saturated carbocycles. The highest BCUT2D eigenvalue weighted by molar-refractivity contribution is 7.86. The maximum absolute atomic E-state index is 10.2. The molecule has 3 nitrogen and oxygen atoms in total. The van der Waals surface area contributed by atoms with E-state index >= 15 is 0 Å². The van der Waals surface area contributed by atoms with E-state index in [4.69, 9.17) is 4.55 Å². The van der Waals surface area contributed by atoms with Crippen molar-refractivity contribution >= 4 is 10.1 Å². The first-order valence-corrected chi connectivity index (χ1v) is 4.06. The highest BCUT2D eigenvalue weighted by atomic mass is 32.2. The quantitative estimate of drug-likeness (QED) is 0.479. The zero-order valence-electron chi connectivity index (χ0n) is 5.24. The van der Waals surface area contributed by atoms with Gasteiger partial charge in [0.25, 0.3) is 10.1 Å². The fraction of sp³-hybridized carbons (Fsp3) is 0.600. The summed E-state index contributed by atoms with van der Waals surface area (Å²) in [6, 6.07) is 0. The van der Waals surface area contributed by atoms with Crippen LogP contribution in [-0.4, -0.2) is 18.2 Å². The Morgan fingerprint density at radius 1 is 1.78 bits per heavy atom. The predicted octanol–water partition coefficient (Wildman–Crippen LogP) is 0.839. The molecule has 0 heterocycles. The van der Waals surface area contributed by atoms with Crippen molar-refractivity contribution in [1.82, 2.24) is 0 Å². The lowest BCUT2D eigenvalue weighted by atomic mass is 10.3. The van der Waals surface area contributed by atoms with Crippen molar-refractivity contribution in [2.45, 2.75) is 18.6 Å². The third-order valence-electron chi connectivity index (χ3n) is 1.01. The van der Waals surface area contributed by atoms with Gasteiger partial charge in [0.1, 0.15) is 0 Å². The summed E-state index contributed by atoms with van der Waals surface area (Å²) in [6.45, 7) is 4.77. The van der Waals surface area contributed by atoms with Gasteiger partial charge in [-0.2, -0.15) is 8.42 Å². The Labute approximate surface area is 55.1 Å². The second-order valence-electron chi connectivity index (χ2n) is 1.85. The third kappa shape index (κ3) is 3.26. The van der Waals surface area contributed by atoms with Crippen LogP contribution in [0.1, 0.15) is 13.3 Å². The van der Waals surface area contributed by atoms with Crippen molar-refractivity contribution in [2.24, 2.45) is 0 Å². The predicted molar refractivity (Wildman–Crippen MR) is 35.8 cm³/mol. The molecule has 0 aromatic rings. The van der Waals surface area contributed by atoms with Crippen LogP contribution in [0, 0.1) is 0 Å². The molecule has 0 aliphatic heterocycles. The van der Waals surface area contributed by atoms with Gasteiger partial charge in [0.15, 0.2) is 0 Å². The first-order valence-electron chi connectivity index (χ1n) is 2.55. The molecule has 0 fully saturated rings. The molecular weight excluding hydrogens is 140 g/mol. The second kappa shape index (κ2) is 2.98. The van der Waals surface area contributed by atoms with Gasteiger partial charge in [-0.05, 0) is 13.3 Å². The molecule has 0 aromatic heterocycles. The fourth-order valence-corrected chi connectivity index (χ4v) is 0.736.